The molecule has 0 aliphatic carbocycles. The highest BCUT2D eigenvalue weighted by Gasteiger charge is 2.21. The second-order valence-corrected chi connectivity index (χ2v) is 7.96. The van der Waals surface area contributed by atoms with Crippen LogP contribution in [-0.4, -0.2) is 41.4 Å². The lowest BCUT2D eigenvalue weighted by Crippen LogP contribution is -2.42. The van der Waals surface area contributed by atoms with Crippen LogP contribution in [0.3, 0.4) is 0 Å². The monoisotopic (exact) mass is 310 g/mol. The SMILES string of the molecule is O=C(CNCC1CCCCS1)N1CCc2sccc2C1. The fourth-order valence-electron chi connectivity index (χ4n) is 2.88. The second kappa shape index (κ2) is 6.96. The Morgan fingerprint density at radius 1 is 1.45 bits per heavy atom. The van der Waals surface area contributed by atoms with Gasteiger partial charge in [-0.3, -0.25) is 4.79 Å². The lowest BCUT2D eigenvalue weighted by atomic mass is 10.1. The summed E-state index contributed by atoms with van der Waals surface area (Å²) in [6.07, 6.45) is 5.03. The molecule has 0 saturated carbocycles. The van der Waals surface area contributed by atoms with E-state index < -0.39 is 0 Å². The van der Waals surface area contributed by atoms with Gasteiger partial charge in [0.1, 0.15) is 0 Å². The quantitative estimate of drug-likeness (QED) is 0.927. The molecule has 1 N–H and O–H groups in total. The molecule has 0 aromatic carbocycles. The molecule has 1 unspecified atom stereocenters. The van der Waals surface area contributed by atoms with E-state index in [4.69, 9.17) is 0 Å². The van der Waals surface area contributed by atoms with Crippen molar-refractivity contribution in [2.24, 2.45) is 0 Å². The molecule has 20 heavy (non-hydrogen) atoms. The van der Waals surface area contributed by atoms with Crippen molar-refractivity contribution in [2.45, 2.75) is 37.5 Å². The van der Waals surface area contributed by atoms with Gasteiger partial charge in [-0.25, -0.2) is 0 Å². The molecule has 3 nitrogen and oxygen atoms in total. The Morgan fingerprint density at radius 3 is 3.25 bits per heavy atom. The molecule has 0 spiro atoms. The number of nitrogens with one attached hydrogen (secondary N) is 1. The maximum atomic E-state index is 12.2. The number of fused-ring (bicyclic) bond motifs is 1. The summed E-state index contributed by atoms with van der Waals surface area (Å²) in [4.78, 5) is 15.7. The third-order valence-electron chi connectivity index (χ3n) is 4.08. The van der Waals surface area contributed by atoms with Crippen LogP contribution >= 0.6 is 23.1 Å². The molecule has 0 radical (unpaired) electrons. The molecule has 110 valence electrons. The van der Waals surface area contributed by atoms with E-state index >= 15 is 0 Å². The third kappa shape index (κ3) is 3.57. The van der Waals surface area contributed by atoms with Crippen molar-refractivity contribution in [3.8, 4) is 0 Å². The highest BCUT2D eigenvalue weighted by molar-refractivity contribution is 7.99. The van der Waals surface area contributed by atoms with Gasteiger partial charge in [-0.05, 0) is 42.0 Å². The van der Waals surface area contributed by atoms with Crippen molar-refractivity contribution in [2.75, 3.05) is 25.4 Å². The molecule has 1 saturated heterocycles. The molecule has 1 aromatic rings. The van der Waals surface area contributed by atoms with E-state index in [0.29, 0.717) is 11.8 Å². The minimum Gasteiger partial charge on any atom is -0.337 e. The zero-order valence-corrected chi connectivity index (χ0v) is 13.4. The normalized spacial score (nSPS) is 22.6. The van der Waals surface area contributed by atoms with Crippen LogP contribution in [0.1, 0.15) is 29.7 Å². The predicted octanol–water partition coefficient (Wildman–Crippen LogP) is 2.51. The maximum Gasteiger partial charge on any atom is 0.236 e. The average Bonchev–Trinajstić information content (AvgIpc) is 2.95. The average molecular weight is 310 g/mol. The Bertz CT molecular complexity index is 454. The van der Waals surface area contributed by atoms with Crippen LogP contribution in [0.25, 0.3) is 0 Å². The number of rotatable bonds is 4. The first-order chi connectivity index (χ1) is 9.83. The number of hydrogen-bond donors (Lipinski definition) is 1. The van der Waals surface area contributed by atoms with Crippen LogP contribution in [0.5, 0.6) is 0 Å². The first-order valence-corrected chi connectivity index (χ1v) is 9.41. The number of carbonyl (C=O) groups excluding carboxylic acids is 1. The van der Waals surface area contributed by atoms with Gasteiger partial charge in [0.15, 0.2) is 0 Å². The fourth-order valence-corrected chi connectivity index (χ4v) is 5.04. The molecular formula is C15H22N2OS2. The molecule has 3 rings (SSSR count). The standard InChI is InChI=1S/C15H22N2OS2/c18-15(10-16-9-13-3-1-2-7-19-13)17-6-4-14-12(11-17)5-8-20-14/h5,8,13,16H,1-4,6-7,9-11H2. The molecular weight excluding hydrogens is 288 g/mol. The largest absolute Gasteiger partial charge is 0.337 e. The van der Waals surface area contributed by atoms with Gasteiger partial charge in [0.25, 0.3) is 0 Å². The summed E-state index contributed by atoms with van der Waals surface area (Å²) in [5, 5.41) is 6.21. The summed E-state index contributed by atoms with van der Waals surface area (Å²) in [6, 6.07) is 2.16. The van der Waals surface area contributed by atoms with Gasteiger partial charge in [-0.2, -0.15) is 11.8 Å². The lowest BCUT2D eigenvalue weighted by molar-refractivity contribution is -0.131. The van der Waals surface area contributed by atoms with E-state index in [0.717, 1.165) is 26.1 Å². The van der Waals surface area contributed by atoms with Gasteiger partial charge >= 0.3 is 0 Å². The first kappa shape index (κ1) is 14.4. The van der Waals surface area contributed by atoms with Crippen molar-refractivity contribution in [3.05, 3.63) is 21.9 Å². The van der Waals surface area contributed by atoms with Crippen LogP contribution in [0.4, 0.5) is 0 Å². The minimum atomic E-state index is 0.252. The summed E-state index contributed by atoms with van der Waals surface area (Å²) in [6.45, 7) is 3.16. The predicted molar refractivity (Wildman–Crippen MR) is 86.4 cm³/mol. The van der Waals surface area contributed by atoms with E-state index in [1.54, 1.807) is 0 Å². The zero-order chi connectivity index (χ0) is 13.8. The van der Waals surface area contributed by atoms with Crippen molar-refractivity contribution < 1.29 is 4.79 Å². The minimum absolute atomic E-state index is 0.252. The Hall–Kier alpha value is -0.520. The van der Waals surface area contributed by atoms with E-state index in [9.17, 15) is 4.79 Å². The lowest BCUT2D eigenvalue weighted by Gasteiger charge is -2.28. The maximum absolute atomic E-state index is 12.2. The Kier molecular flexibility index (Phi) is 5.02. The Labute approximate surface area is 129 Å². The van der Waals surface area contributed by atoms with Crippen LogP contribution in [0.15, 0.2) is 11.4 Å². The van der Waals surface area contributed by atoms with Crippen LogP contribution in [0.2, 0.25) is 0 Å². The number of thiophene rings is 1. The summed E-state index contributed by atoms with van der Waals surface area (Å²) in [5.41, 5.74) is 1.34. The first-order valence-electron chi connectivity index (χ1n) is 7.48. The van der Waals surface area contributed by atoms with Gasteiger partial charge in [-0.15, -0.1) is 11.3 Å². The zero-order valence-electron chi connectivity index (χ0n) is 11.8. The number of amides is 1. The van der Waals surface area contributed by atoms with E-state index in [2.05, 4.69) is 28.5 Å². The molecule has 5 heteroatoms. The number of nitrogens with zero attached hydrogens (tertiary/aromatic N) is 1. The summed E-state index contributed by atoms with van der Waals surface area (Å²) >= 11 is 3.88. The molecule has 1 amide bonds. The molecule has 1 fully saturated rings. The number of carbonyl (C=O) groups is 1. The van der Waals surface area contributed by atoms with Crippen molar-refractivity contribution in [1.29, 1.82) is 0 Å². The van der Waals surface area contributed by atoms with E-state index in [-0.39, 0.29) is 5.91 Å². The van der Waals surface area contributed by atoms with Gasteiger partial charge in [0, 0.05) is 29.8 Å². The van der Waals surface area contributed by atoms with Gasteiger partial charge in [-0.1, -0.05) is 6.42 Å². The summed E-state index contributed by atoms with van der Waals surface area (Å²) in [5.74, 6) is 1.54. The number of hydrogen-bond acceptors (Lipinski definition) is 4. The van der Waals surface area contributed by atoms with Crippen molar-refractivity contribution >= 4 is 29.0 Å². The highest BCUT2D eigenvalue weighted by Crippen LogP contribution is 2.25. The summed E-state index contributed by atoms with van der Waals surface area (Å²) < 4.78 is 0. The molecule has 1 atom stereocenters. The molecule has 3 heterocycles. The second-order valence-electron chi connectivity index (χ2n) is 5.55. The van der Waals surface area contributed by atoms with Gasteiger partial charge < -0.3 is 10.2 Å². The molecule has 1 aromatic heterocycles. The Balaban J connectivity index is 1.41. The Morgan fingerprint density at radius 2 is 2.40 bits per heavy atom. The van der Waals surface area contributed by atoms with Gasteiger partial charge in [0.2, 0.25) is 5.91 Å². The van der Waals surface area contributed by atoms with Crippen LogP contribution in [-0.2, 0) is 17.8 Å². The van der Waals surface area contributed by atoms with Crippen molar-refractivity contribution in [1.82, 2.24) is 10.2 Å². The third-order valence-corrected chi connectivity index (χ3v) is 6.50. The topological polar surface area (TPSA) is 32.3 Å². The van der Waals surface area contributed by atoms with E-state index in [1.165, 1.54) is 35.5 Å². The van der Waals surface area contributed by atoms with Crippen LogP contribution < -0.4 is 5.32 Å². The smallest absolute Gasteiger partial charge is 0.236 e. The fraction of sp³-hybridized carbons (Fsp3) is 0.667. The molecule has 2 aliphatic rings. The summed E-state index contributed by atoms with van der Waals surface area (Å²) in [7, 11) is 0. The van der Waals surface area contributed by atoms with E-state index in [1.807, 2.05) is 16.2 Å². The van der Waals surface area contributed by atoms with Gasteiger partial charge in [0.05, 0.1) is 6.54 Å². The molecule has 2 aliphatic heterocycles. The highest BCUT2D eigenvalue weighted by atomic mass is 32.2. The molecule has 0 bridgehead atoms. The van der Waals surface area contributed by atoms with Crippen LogP contribution in [0, 0.1) is 0 Å². The number of thioether (sulfide) groups is 1. The van der Waals surface area contributed by atoms with Crippen molar-refractivity contribution in [3.63, 3.8) is 0 Å².